The first kappa shape index (κ1) is 90.6. The van der Waals surface area contributed by atoms with E-state index in [9.17, 15) is 14.4 Å². The minimum Gasteiger partial charge on any atom is -0.465 e. The van der Waals surface area contributed by atoms with Crippen molar-refractivity contribution in [3.05, 3.63) is 0 Å². The zero-order valence-corrected chi connectivity index (χ0v) is 62.1. The fourth-order valence-electron chi connectivity index (χ4n) is 12.3. The molecule has 0 aliphatic rings. The number of unbranched alkanes of at least 4 members (excludes halogenated alkanes) is 49. The van der Waals surface area contributed by atoms with Crippen molar-refractivity contribution in [2.45, 2.75) is 473 Å². The van der Waals surface area contributed by atoms with E-state index in [-0.39, 0.29) is 23.8 Å². The zero-order valence-electron chi connectivity index (χ0n) is 62.1. The molecule has 0 heterocycles. The van der Waals surface area contributed by atoms with Crippen LogP contribution in [0.3, 0.4) is 0 Å². The van der Waals surface area contributed by atoms with Crippen molar-refractivity contribution in [2.24, 2.45) is 17.8 Å². The molecule has 528 valence electrons. The van der Waals surface area contributed by atoms with Gasteiger partial charge in [0.1, 0.15) is 0 Å². The first-order chi connectivity index (χ1) is 43.2. The highest BCUT2D eigenvalue weighted by molar-refractivity contribution is 5.72. The normalized spacial score (nSPS) is 12.2. The lowest BCUT2D eigenvalue weighted by atomic mass is 9.94. The molecule has 0 aliphatic heterocycles. The molecule has 3 atom stereocenters. The molecule has 0 aromatic heterocycles. The lowest BCUT2D eigenvalue weighted by Gasteiger charge is -2.17. The Bertz CT molecular complexity index is 1300. The molecule has 0 rings (SSSR count). The number of ether oxygens (including phenoxy) is 3. The third-order valence-corrected chi connectivity index (χ3v) is 18.9. The molecule has 0 aromatic carbocycles. The van der Waals surface area contributed by atoms with Crippen molar-refractivity contribution in [1.82, 2.24) is 0 Å². The second-order valence-corrected chi connectivity index (χ2v) is 27.8. The maximum Gasteiger partial charge on any atom is 0.308 e. The van der Waals surface area contributed by atoms with Gasteiger partial charge in [0.25, 0.3) is 0 Å². The van der Waals surface area contributed by atoms with Crippen LogP contribution < -0.4 is 0 Å². The SMILES string of the molecule is CCCCCCCCCCCCCC(=O)OCC(CCCCCCCC)CCCCCCCCCC.CCCCCCCCCCCCCCCC(=O)OCC(CC)CCCC.CCCCCCCCCCCCCCCCOC(=O)C(CC)CCCC. The van der Waals surface area contributed by atoms with E-state index >= 15 is 0 Å². The summed E-state index contributed by atoms with van der Waals surface area (Å²) in [5.74, 6) is 1.37. The first-order valence-electron chi connectivity index (χ1n) is 40.7. The molecule has 0 aliphatic carbocycles. The minimum atomic E-state index is 0.0167. The van der Waals surface area contributed by atoms with E-state index in [1.165, 1.54) is 347 Å². The smallest absolute Gasteiger partial charge is 0.308 e. The zero-order chi connectivity index (χ0) is 65.0. The van der Waals surface area contributed by atoms with Crippen LogP contribution in [-0.4, -0.2) is 37.7 Å². The van der Waals surface area contributed by atoms with Crippen molar-refractivity contribution in [3.63, 3.8) is 0 Å². The number of rotatable bonds is 70. The average molecular weight is 1250 g/mol. The predicted molar refractivity (Wildman–Crippen MR) is 390 cm³/mol. The summed E-state index contributed by atoms with van der Waals surface area (Å²) in [5.41, 5.74) is 0. The molecule has 0 bridgehead atoms. The van der Waals surface area contributed by atoms with Gasteiger partial charge in [-0.2, -0.15) is 0 Å². The number of carbonyl (C=O) groups is 3. The van der Waals surface area contributed by atoms with Crippen molar-refractivity contribution >= 4 is 17.9 Å². The lowest BCUT2D eigenvalue weighted by molar-refractivity contribution is -0.149. The molecule has 88 heavy (non-hydrogen) atoms. The van der Waals surface area contributed by atoms with Crippen LogP contribution in [0.1, 0.15) is 473 Å². The van der Waals surface area contributed by atoms with Crippen LogP contribution in [0.15, 0.2) is 0 Å². The molecular weight excluding hydrogens is 1080 g/mol. The van der Waals surface area contributed by atoms with Crippen LogP contribution in [0, 0.1) is 17.8 Å². The van der Waals surface area contributed by atoms with Gasteiger partial charge in [-0.05, 0) is 63.2 Å². The highest BCUT2D eigenvalue weighted by Gasteiger charge is 2.17. The maximum atomic E-state index is 12.3. The van der Waals surface area contributed by atoms with Gasteiger partial charge in [-0.25, -0.2) is 0 Å². The Morgan fingerprint density at radius 2 is 0.466 bits per heavy atom. The van der Waals surface area contributed by atoms with Gasteiger partial charge in [-0.15, -0.1) is 0 Å². The van der Waals surface area contributed by atoms with Gasteiger partial charge < -0.3 is 14.2 Å². The molecular formula is C82H164O6. The maximum absolute atomic E-state index is 12.3. The Balaban J connectivity index is -0.00000126. The third-order valence-electron chi connectivity index (χ3n) is 18.9. The van der Waals surface area contributed by atoms with E-state index in [1.54, 1.807) is 0 Å². The molecule has 6 heteroatoms. The summed E-state index contributed by atoms with van der Waals surface area (Å²) in [5, 5.41) is 0. The number of carbonyl (C=O) groups excluding carboxylic acids is 3. The predicted octanol–water partition coefficient (Wildman–Crippen LogP) is 28.6. The monoisotopic (exact) mass is 1250 g/mol. The molecule has 0 saturated heterocycles. The van der Waals surface area contributed by atoms with Crippen molar-refractivity contribution in [1.29, 1.82) is 0 Å². The van der Waals surface area contributed by atoms with Crippen LogP contribution in [0.5, 0.6) is 0 Å². The molecule has 0 spiro atoms. The Kier molecular flexibility index (Phi) is 83.9. The number of hydrogen-bond donors (Lipinski definition) is 0. The molecule has 0 saturated carbocycles. The standard InChI is InChI=1S/C34H68O2.2C24H48O2/c1-4-7-10-13-16-18-19-20-22-25-28-31-34(35)36-32-33(29-26-23-15-12-9-6-3)30-27-24-21-17-14-11-8-5-2;1-4-7-9-10-11-12-13-14-15-16-17-18-19-20-22-26-24(25)23(6-3)21-8-5-2;1-4-7-9-10-11-12-13-14-15-16-17-18-19-21-24(25)26-22-23(6-3)20-8-5-2/h33H,4-32H2,1-3H3;2*23H,4-22H2,1-3H3. The van der Waals surface area contributed by atoms with Crippen molar-refractivity contribution in [2.75, 3.05) is 19.8 Å². The van der Waals surface area contributed by atoms with Gasteiger partial charge in [0, 0.05) is 12.8 Å². The van der Waals surface area contributed by atoms with Crippen LogP contribution >= 0.6 is 0 Å². The van der Waals surface area contributed by atoms with E-state index in [0.717, 1.165) is 51.4 Å². The second kappa shape index (κ2) is 81.5. The molecule has 0 fully saturated rings. The summed E-state index contributed by atoms with van der Waals surface area (Å²) in [4.78, 5) is 36.1. The van der Waals surface area contributed by atoms with E-state index < -0.39 is 0 Å². The van der Waals surface area contributed by atoms with Crippen LogP contribution in [-0.2, 0) is 28.6 Å². The van der Waals surface area contributed by atoms with Crippen LogP contribution in [0.2, 0.25) is 0 Å². The summed E-state index contributed by atoms with van der Waals surface area (Å²) in [6.07, 6.45) is 82.8. The largest absolute Gasteiger partial charge is 0.465 e. The van der Waals surface area contributed by atoms with Crippen molar-refractivity contribution in [3.8, 4) is 0 Å². The van der Waals surface area contributed by atoms with E-state index in [0.29, 0.717) is 44.5 Å². The van der Waals surface area contributed by atoms with E-state index in [1.807, 2.05) is 0 Å². The third kappa shape index (κ3) is 76.9. The quantitative estimate of drug-likeness (QED) is 0.0343. The van der Waals surface area contributed by atoms with Gasteiger partial charge in [-0.3, -0.25) is 14.4 Å². The van der Waals surface area contributed by atoms with Crippen molar-refractivity contribution < 1.29 is 28.6 Å². The highest BCUT2D eigenvalue weighted by Crippen LogP contribution is 2.23. The molecule has 0 N–H and O–H groups in total. The Hall–Kier alpha value is -1.59. The number of hydrogen-bond acceptors (Lipinski definition) is 6. The van der Waals surface area contributed by atoms with E-state index in [2.05, 4.69) is 62.3 Å². The summed E-state index contributed by atoms with van der Waals surface area (Å²) in [6, 6.07) is 0. The van der Waals surface area contributed by atoms with Gasteiger partial charge in [-0.1, -0.05) is 409 Å². The molecule has 0 aromatic rings. The summed E-state index contributed by atoms with van der Waals surface area (Å²) in [6.45, 7) is 22.0. The molecule has 0 amide bonds. The molecule has 6 nitrogen and oxygen atoms in total. The lowest BCUT2D eigenvalue weighted by Crippen LogP contribution is -2.17. The van der Waals surface area contributed by atoms with Crippen LogP contribution in [0.25, 0.3) is 0 Å². The highest BCUT2D eigenvalue weighted by atomic mass is 16.5. The summed E-state index contributed by atoms with van der Waals surface area (Å²) in [7, 11) is 0. The summed E-state index contributed by atoms with van der Waals surface area (Å²) >= 11 is 0. The Morgan fingerprint density at radius 3 is 0.750 bits per heavy atom. The molecule has 3 unspecified atom stereocenters. The van der Waals surface area contributed by atoms with Crippen LogP contribution in [0.4, 0.5) is 0 Å². The fourth-order valence-corrected chi connectivity index (χ4v) is 12.3. The second-order valence-electron chi connectivity index (χ2n) is 27.8. The fraction of sp³-hybridized carbons (Fsp3) is 0.963. The molecule has 0 radical (unpaired) electrons. The Labute approximate surface area is 554 Å². The average Bonchev–Trinajstić information content (AvgIpc) is 3.53. The van der Waals surface area contributed by atoms with Gasteiger partial charge in [0.2, 0.25) is 0 Å². The van der Waals surface area contributed by atoms with Gasteiger partial charge in [0.05, 0.1) is 25.7 Å². The number of esters is 3. The Morgan fingerprint density at radius 1 is 0.227 bits per heavy atom. The summed E-state index contributed by atoms with van der Waals surface area (Å²) < 4.78 is 16.7. The van der Waals surface area contributed by atoms with Gasteiger partial charge >= 0.3 is 17.9 Å². The van der Waals surface area contributed by atoms with Gasteiger partial charge in [0.15, 0.2) is 0 Å². The topological polar surface area (TPSA) is 78.9 Å². The minimum absolute atomic E-state index is 0.0167. The first-order valence-corrected chi connectivity index (χ1v) is 40.7. The van der Waals surface area contributed by atoms with E-state index in [4.69, 9.17) is 14.2 Å².